The van der Waals surface area contributed by atoms with Gasteiger partial charge in [-0.3, -0.25) is 9.59 Å². The second kappa shape index (κ2) is 7.72. The van der Waals surface area contributed by atoms with E-state index >= 15 is 0 Å². The first-order valence-corrected chi connectivity index (χ1v) is 7.78. The lowest BCUT2D eigenvalue weighted by atomic mass is 10.0. The van der Waals surface area contributed by atoms with Gasteiger partial charge in [-0.05, 0) is 18.1 Å². The second-order valence-electron chi connectivity index (χ2n) is 5.99. The molecular weight excluding hydrogens is 308 g/mol. The van der Waals surface area contributed by atoms with E-state index in [0.717, 1.165) is 0 Å². The number of rotatable bonds is 6. The first-order chi connectivity index (χ1) is 11.4. The average Bonchev–Trinajstić information content (AvgIpc) is 2.97. The smallest absolute Gasteiger partial charge is 0.251 e. The van der Waals surface area contributed by atoms with Crippen LogP contribution in [-0.4, -0.2) is 39.9 Å². The van der Waals surface area contributed by atoms with Gasteiger partial charge in [0.2, 0.25) is 11.8 Å². The van der Waals surface area contributed by atoms with Gasteiger partial charge in [-0.25, -0.2) is 0 Å². The van der Waals surface area contributed by atoms with E-state index in [4.69, 9.17) is 4.52 Å². The van der Waals surface area contributed by atoms with E-state index in [1.165, 1.54) is 4.90 Å². The zero-order valence-electron chi connectivity index (χ0n) is 14.3. The van der Waals surface area contributed by atoms with Gasteiger partial charge in [0.25, 0.3) is 5.91 Å². The third kappa shape index (κ3) is 4.41. The van der Waals surface area contributed by atoms with Gasteiger partial charge in [-0.2, -0.15) is 4.98 Å². The van der Waals surface area contributed by atoms with Gasteiger partial charge < -0.3 is 14.7 Å². The molecule has 24 heavy (non-hydrogen) atoms. The number of likely N-dealkylation sites (N-methyl/N-ethyl adjacent to an activating group) is 1. The molecular formula is C17H22N4O3. The Morgan fingerprint density at radius 2 is 1.92 bits per heavy atom. The maximum atomic E-state index is 12.7. The highest BCUT2D eigenvalue weighted by Crippen LogP contribution is 2.09. The molecule has 0 aliphatic heterocycles. The minimum atomic E-state index is -0.629. The van der Waals surface area contributed by atoms with Crippen LogP contribution in [0.1, 0.15) is 35.9 Å². The van der Waals surface area contributed by atoms with E-state index in [9.17, 15) is 9.59 Å². The summed E-state index contributed by atoms with van der Waals surface area (Å²) in [4.78, 5) is 30.6. The van der Waals surface area contributed by atoms with E-state index in [0.29, 0.717) is 17.3 Å². The zero-order chi connectivity index (χ0) is 17.7. The number of nitrogens with zero attached hydrogens (tertiary/aromatic N) is 3. The lowest BCUT2D eigenvalue weighted by molar-refractivity contribution is -0.133. The maximum Gasteiger partial charge on any atom is 0.251 e. The highest BCUT2D eigenvalue weighted by Gasteiger charge is 2.28. The van der Waals surface area contributed by atoms with Crippen molar-refractivity contribution in [1.29, 1.82) is 0 Å². The van der Waals surface area contributed by atoms with E-state index in [-0.39, 0.29) is 24.3 Å². The fourth-order valence-corrected chi connectivity index (χ4v) is 2.26. The molecule has 1 heterocycles. The molecule has 2 rings (SSSR count). The summed E-state index contributed by atoms with van der Waals surface area (Å²) in [5.41, 5.74) is 0.521. The first-order valence-electron chi connectivity index (χ1n) is 7.78. The topological polar surface area (TPSA) is 88.3 Å². The summed E-state index contributed by atoms with van der Waals surface area (Å²) in [6, 6.07) is 8.20. The van der Waals surface area contributed by atoms with Crippen molar-refractivity contribution in [2.24, 2.45) is 5.92 Å². The van der Waals surface area contributed by atoms with Crippen LogP contribution in [0.4, 0.5) is 0 Å². The van der Waals surface area contributed by atoms with Crippen molar-refractivity contribution in [3.8, 4) is 0 Å². The molecule has 1 aromatic carbocycles. The molecule has 128 valence electrons. The lowest BCUT2D eigenvalue weighted by Gasteiger charge is -2.26. The van der Waals surface area contributed by atoms with Crippen LogP contribution in [0.15, 0.2) is 34.9 Å². The monoisotopic (exact) mass is 330 g/mol. The normalized spacial score (nSPS) is 12.0. The van der Waals surface area contributed by atoms with Crippen LogP contribution >= 0.6 is 0 Å². The van der Waals surface area contributed by atoms with E-state index < -0.39 is 6.04 Å². The van der Waals surface area contributed by atoms with E-state index in [1.54, 1.807) is 38.2 Å². The van der Waals surface area contributed by atoms with Gasteiger partial charge in [0, 0.05) is 19.5 Å². The van der Waals surface area contributed by atoms with Gasteiger partial charge in [0.15, 0.2) is 5.82 Å². The van der Waals surface area contributed by atoms with Crippen LogP contribution in [0.3, 0.4) is 0 Å². The molecule has 0 fully saturated rings. The average molecular weight is 330 g/mol. The molecule has 1 atom stereocenters. The molecule has 0 unspecified atom stereocenters. The fourth-order valence-electron chi connectivity index (χ4n) is 2.26. The van der Waals surface area contributed by atoms with Crippen molar-refractivity contribution in [3.63, 3.8) is 0 Å². The Morgan fingerprint density at radius 1 is 1.25 bits per heavy atom. The SMILES string of the molecule is Cc1nc(CN(C)C(=O)[C@H](NC(=O)c2ccccc2)C(C)C)no1. The number of benzene rings is 1. The number of amides is 2. The number of hydrogen-bond donors (Lipinski definition) is 1. The number of carbonyl (C=O) groups is 2. The van der Waals surface area contributed by atoms with Gasteiger partial charge in [0.05, 0.1) is 6.54 Å². The van der Waals surface area contributed by atoms with Crippen LogP contribution in [0, 0.1) is 12.8 Å². The van der Waals surface area contributed by atoms with Gasteiger partial charge in [-0.1, -0.05) is 37.2 Å². The third-order valence-corrected chi connectivity index (χ3v) is 3.58. The first kappa shape index (κ1) is 17.7. The molecule has 0 bridgehead atoms. The van der Waals surface area contributed by atoms with Crippen molar-refractivity contribution in [1.82, 2.24) is 20.4 Å². The minimum absolute atomic E-state index is 0.0559. The molecule has 2 amide bonds. The minimum Gasteiger partial charge on any atom is -0.340 e. The number of aromatic nitrogens is 2. The van der Waals surface area contributed by atoms with Crippen LogP contribution < -0.4 is 5.32 Å². The number of carbonyl (C=O) groups excluding carboxylic acids is 2. The molecule has 0 saturated carbocycles. The van der Waals surface area contributed by atoms with Crippen molar-refractivity contribution < 1.29 is 14.1 Å². The number of aryl methyl sites for hydroxylation is 1. The summed E-state index contributed by atoms with van der Waals surface area (Å²) in [5.74, 6) is 0.353. The van der Waals surface area contributed by atoms with Gasteiger partial charge in [-0.15, -0.1) is 0 Å². The van der Waals surface area contributed by atoms with E-state index in [2.05, 4.69) is 15.5 Å². The Labute approximate surface area is 141 Å². The van der Waals surface area contributed by atoms with Crippen molar-refractivity contribution in [2.75, 3.05) is 7.05 Å². The lowest BCUT2D eigenvalue weighted by Crippen LogP contribution is -2.50. The highest BCUT2D eigenvalue weighted by atomic mass is 16.5. The molecule has 7 heteroatoms. The summed E-state index contributed by atoms with van der Waals surface area (Å²) >= 11 is 0. The molecule has 0 aliphatic rings. The molecule has 1 N–H and O–H groups in total. The standard InChI is InChI=1S/C17H22N4O3/c1-11(2)15(19-16(22)13-8-6-5-7-9-13)17(23)21(4)10-14-18-12(3)24-20-14/h5-9,11,15H,10H2,1-4H3,(H,19,22)/t15-/m1/s1. The Hall–Kier alpha value is -2.70. The molecule has 2 aromatic rings. The quantitative estimate of drug-likeness (QED) is 0.872. The van der Waals surface area contributed by atoms with Crippen LogP contribution in [0.2, 0.25) is 0 Å². The molecule has 0 saturated heterocycles. The fraction of sp³-hybridized carbons (Fsp3) is 0.412. The predicted octanol–water partition coefficient (Wildman–Crippen LogP) is 1.79. The number of nitrogens with one attached hydrogen (secondary N) is 1. The van der Waals surface area contributed by atoms with Crippen molar-refractivity contribution in [3.05, 3.63) is 47.6 Å². The second-order valence-corrected chi connectivity index (χ2v) is 5.99. The van der Waals surface area contributed by atoms with Crippen molar-refractivity contribution >= 4 is 11.8 Å². The zero-order valence-corrected chi connectivity index (χ0v) is 14.3. The molecule has 0 radical (unpaired) electrons. The van der Waals surface area contributed by atoms with E-state index in [1.807, 2.05) is 19.9 Å². The maximum absolute atomic E-state index is 12.7. The molecule has 0 aliphatic carbocycles. The largest absolute Gasteiger partial charge is 0.340 e. The highest BCUT2D eigenvalue weighted by molar-refractivity contribution is 5.97. The predicted molar refractivity (Wildman–Crippen MR) is 88.0 cm³/mol. The summed E-state index contributed by atoms with van der Waals surface area (Å²) < 4.78 is 4.91. The van der Waals surface area contributed by atoms with Gasteiger partial charge in [0.1, 0.15) is 6.04 Å². The van der Waals surface area contributed by atoms with Crippen LogP contribution in [0.25, 0.3) is 0 Å². The number of hydrogen-bond acceptors (Lipinski definition) is 5. The summed E-state index contributed by atoms with van der Waals surface area (Å²) in [6.45, 7) is 5.69. The van der Waals surface area contributed by atoms with Crippen molar-refractivity contribution in [2.45, 2.75) is 33.4 Å². The summed E-state index contributed by atoms with van der Waals surface area (Å²) in [5, 5.41) is 6.59. The Morgan fingerprint density at radius 3 is 2.46 bits per heavy atom. The third-order valence-electron chi connectivity index (χ3n) is 3.58. The molecule has 1 aromatic heterocycles. The Balaban J connectivity index is 2.05. The Bertz CT molecular complexity index is 697. The Kier molecular flexibility index (Phi) is 5.68. The summed E-state index contributed by atoms with van der Waals surface area (Å²) in [7, 11) is 1.65. The molecule has 0 spiro atoms. The van der Waals surface area contributed by atoms with Crippen LogP contribution in [-0.2, 0) is 11.3 Å². The van der Waals surface area contributed by atoms with Gasteiger partial charge >= 0.3 is 0 Å². The molecule has 7 nitrogen and oxygen atoms in total. The van der Waals surface area contributed by atoms with Crippen LogP contribution in [0.5, 0.6) is 0 Å². The summed E-state index contributed by atoms with van der Waals surface area (Å²) in [6.07, 6.45) is 0.